The second kappa shape index (κ2) is 5.91. The highest BCUT2D eigenvalue weighted by molar-refractivity contribution is 5.77. The summed E-state index contributed by atoms with van der Waals surface area (Å²) in [4.78, 5) is 41.5. The van der Waals surface area contributed by atoms with Crippen LogP contribution in [0, 0.1) is 13.8 Å². The molecule has 0 bridgehead atoms. The predicted molar refractivity (Wildman–Crippen MR) is 92.0 cm³/mol. The minimum Gasteiger partial charge on any atom is -0.465 e. The summed E-state index contributed by atoms with van der Waals surface area (Å²) in [6.07, 6.45) is 0. The Kier molecular flexibility index (Phi) is 4.02. The number of aromatic nitrogens is 5. The zero-order valence-corrected chi connectivity index (χ0v) is 15.0. The first-order valence-electron chi connectivity index (χ1n) is 8.16. The fourth-order valence-electron chi connectivity index (χ4n) is 3.12. The van der Waals surface area contributed by atoms with Gasteiger partial charge in [-0.05, 0) is 27.7 Å². The van der Waals surface area contributed by atoms with Gasteiger partial charge in [0.05, 0.1) is 6.61 Å². The van der Waals surface area contributed by atoms with Crippen LogP contribution >= 0.6 is 0 Å². The Hall–Kier alpha value is -2.84. The van der Waals surface area contributed by atoms with Crippen molar-refractivity contribution in [2.75, 3.05) is 6.61 Å². The largest absolute Gasteiger partial charge is 0.465 e. The van der Waals surface area contributed by atoms with Crippen molar-refractivity contribution in [2.45, 2.75) is 40.8 Å². The van der Waals surface area contributed by atoms with Crippen molar-refractivity contribution in [3.63, 3.8) is 0 Å². The predicted octanol–water partition coefficient (Wildman–Crippen LogP) is 0.349. The first-order valence-corrected chi connectivity index (χ1v) is 8.16. The minimum atomic E-state index is -0.410. The molecule has 0 fully saturated rings. The molecule has 0 atom stereocenters. The van der Waals surface area contributed by atoms with Gasteiger partial charge >= 0.3 is 11.7 Å². The number of hydrogen-bond acceptors (Lipinski definition) is 5. The van der Waals surface area contributed by atoms with Crippen LogP contribution in [0.15, 0.2) is 9.59 Å². The van der Waals surface area contributed by atoms with Crippen LogP contribution < -0.4 is 11.2 Å². The third-order valence-electron chi connectivity index (χ3n) is 4.54. The van der Waals surface area contributed by atoms with Crippen LogP contribution in [0.1, 0.15) is 25.2 Å². The fraction of sp³-hybridized carbons (Fsp3) is 0.500. The van der Waals surface area contributed by atoms with E-state index in [1.165, 1.54) is 9.13 Å². The summed E-state index contributed by atoms with van der Waals surface area (Å²) in [6, 6.07) is 0. The summed E-state index contributed by atoms with van der Waals surface area (Å²) in [5.41, 5.74) is 1.45. The highest BCUT2D eigenvalue weighted by atomic mass is 16.5. The van der Waals surface area contributed by atoms with Crippen LogP contribution in [0.25, 0.3) is 16.9 Å². The molecule has 0 radical (unpaired) electrons. The van der Waals surface area contributed by atoms with Gasteiger partial charge in [0, 0.05) is 25.0 Å². The number of carbonyl (C=O) groups is 1. The molecule has 3 heterocycles. The average Bonchev–Trinajstić information content (AvgIpc) is 3.06. The van der Waals surface area contributed by atoms with Crippen LogP contribution in [-0.4, -0.2) is 35.7 Å². The lowest BCUT2D eigenvalue weighted by molar-refractivity contribution is -0.143. The van der Waals surface area contributed by atoms with Gasteiger partial charge in [-0.2, -0.15) is 4.98 Å². The summed E-state index contributed by atoms with van der Waals surface area (Å²) in [7, 11) is 1.58. The van der Waals surface area contributed by atoms with Crippen molar-refractivity contribution in [3.05, 3.63) is 32.2 Å². The number of carbonyl (C=O) groups excluding carboxylic acids is 1. The van der Waals surface area contributed by atoms with E-state index in [0.29, 0.717) is 23.5 Å². The molecule has 0 aliphatic rings. The lowest BCUT2D eigenvalue weighted by Crippen LogP contribution is -2.38. The number of imidazole rings is 2. The third-order valence-corrected chi connectivity index (χ3v) is 4.54. The van der Waals surface area contributed by atoms with E-state index in [1.54, 1.807) is 29.9 Å². The van der Waals surface area contributed by atoms with Crippen molar-refractivity contribution in [3.8, 4) is 0 Å². The molecule has 134 valence electrons. The van der Waals surface area contributed by atoms with E-state index < -0.39 is 5.69 Å². The zero-order valence-electron chi connectivity index (χ0n) is 15.0. The Morgan fingerprint density at radius 2 is 1.80 bits per heavy atom. The van der Waals surface area contributed by atoms with Crippen molar-refractivity contribution < 1.29 is 9.53 Å². The maximum absolute atomic E-state index is 12.8. The lowest BCUT2D eigenvalue weighted by atomic mass is 10.3. The number of hydrogen-bond donors (Lipinski definition) is 0. The second-order valence-electron chi connectivity index (χ2n) is 5.87. The van der Waals surface area contributed by atoms with Gasteiger partial charge in [0.2, 0.25) is 5.78 Å². The SMILES string of the molecule is CCOC(=O)Cn1c(C)c(C)n2c3c(=O)n(CC)c(=O)n(C)c3nc12. The quantitative estimate of drug-likeness (QED) is 0.635. The van der Waals surface area contributed by atoms with Crippen LogP contribution in [0.3, 0.4) is 0 Å². The van der Waals surface area contributed by atoms with Gasteiger partial charge in [-0.15, -0.1) is 0 Å². The Morgan fingerprint density at radius 1 is 1.12 bits per heavy atom. The van der Waals surface area contributed by atoms with E-state index in [2.05, 4.69) is 4.98 Å². The van der Waals surface area contributed by atoms with Crippen LogP contribution in [0.4, 0.5) is 0 Å². The Balaban J connectivity index is 2.42. The van der Waals surface area contributed by atoms with Gasteiger partial charge in [0.25, 0.3) is 5.56 Å². The molecule has 0 aliphatic heterocycles. The van der Waals surface area contributed by atoms with Crippen LogP contribution in [0.5, 0.6) is 0 Å². The van der Waals surface area contributed by atoms with E-state index in [4.69, 9.17) is 4.74 Å². The molecule has 3 aromatic rings. The molecule has 3 aromatic heterocycles. The highest BCUT2D eigenvalue weighted by Gasteiger charge is 2.23. The average molecular weight is 347 g/mol. The number of fused-ring (bicyclic) bond motifs is 3. The van der Waals surface area contributed by atoms with E-state index in [0.717, 1.165) is 11.4 Å². The Labute approximate surface area is 143 Å². The first-order chi connectivity index (χ1) is 11.8. The third kappa shape index (κ3) is 2.30. The summed E-state index contributed by atoms with van der Waals surface area (Å²) in [6.45, 7) is 7.76. The molecule has 0 spiro atoms. The topological polar surface area (TPSA) is 92.5 Å². The Bertz CT molecular complexity index is 1110. The number of esters is 1. The summed E-state index contributed by atoms with van der Waals surface area (Å²) in [5, 5.41) is 0. The number of nitrogens with zero attached hydrogens (tertiary/aromatic N) is 5. The fourth-order valence-corrected chi connectivity index (χ4v) is 3.12. The monoisotopic (exact) mass is 347 g/mol. The molecule has 9 nitrogen and oxygen atoms in total. The lowest BCUT2D eigenvalue weighted by Gasteiger charge is -2.06. The van der Waals surface area contributed by atoms with Gasteiger partial charge in [0.1, 0.15) is 6.54 Å². The van der Waals surface area contributed by atoms with Crippen molar-refractivity contribution in [1.29, 1.82) is 0 Å². The van der Waals surface area contributed by atoms with Crippen LogP contribution in [-0.2, 0) is 29.7 Å². The summed E-state index contributed by atoms with van der Waals surface area (Å²) in [5.74, 6) is 0.0639. The van der Waals surface area contributed by atoms with E-state index in [1.807, 2.05) is 13.8 Å². The first kappa shape index (κ1) is 17.0. The minimum absolute atomic E-state index is 0.00372. The van der Waals surface area contributed by atoms with Crippen LogP contribution in [0.2, 0.25) is 0 Å². The highest BCUT2D eigenvalue weighted by Crippen LogP contribution is 2.20. The van der Waals surface area contributed by atoms with Gasteiger partial charge in [-0.25, -0.2) is 4.79 Å². The molecule has 0 saturated carbocycles. The molecule has 25 heavy (non-hydrogen) atoms. The standard InChI is InChI=1S/C16H21N5O4/c1-6-19-14(23)12-13(18(5)16(19)24)17-15-20(8-11(22)25-7-2)9(3)10(4)21(12)15/h6-8H2,1-5H3. The molecular weight excluding hydrogens is 326 g/mol. The molecule has 9 heteroatoms. The Morgan fingerprint density at radius 3 is 2.40 bits per heavy atom. The smallest absolute Gasteiger partial charge is 0.332 e. The normalized spacial score (nSPS) is 11.6. The van der Waals surface area contributed by atoms with Crippen molar-refractivity contribution in [1.82, 2.24) is 23.1 Å². The zero-order chi connectivity index (χ0) is 18.5. The van der Waals surface area contributed by atoms with E-state index in [-0.39, 0.29) is 24.6 Å². The molecule has 3 rings (SSSR count). The number of rotatable bonds is 4. The number of ether oxygens (including phenoxy) is 1. The molecule has 0 unspecified atom stereocenters. The van der Waals surface area contributed by atoms with Crippen molar-refractivity contribution in [2.24, 2.45) is 7.05 Å². The summed E-state index contributed by atoms with van der Waals surface area (Å²) >= 11 is 0. The molecule has 0 N–H and O–H groups in total. The van der Waals surface area contributed by atoms with Gasteiger partial charge in [0.15, 0.2) is 11.2 Å². The second-order valence-corrected chi connectivity index (χ2v) is 5.87. The molecular formula is C16H21N5O4. The number of aryl methyl sites for hydroxylation is 2. The van der Waals surface area contributed by atoms with Gasteiger partial charge in [-0.1, -0.05) is 0 Å². The van der Waals surface area contributed by atoms with Gasteiger partial charge < -0.3 is 9.30 Å². The van der Waals surface area contributed by atoms with Gasteiger partial charge in [-0.3, -0.25) is 23.1 Å². The van der Waals surface area contributed by atoms with Crippen molar-refractivity contribution >= 4 is 22.9 Å². The maximum Gasteiger partial charge on any atom is 0.332 e. The molecule has 0 saturated heterocycles. The molecule has 0 aromatic carbocycles. The summed E-state index contributed by atoms with van der Waals surface area (Å²) < 4.78 is 11.0. The van der Waals surface area contributed by atoms with E-state index in [9.17, 15) is 14.4 Å². The molecule has 0 aliphatic carbocycles. The molecule has 0 amide bonds. The van der Waals surface area contributed by atoms with E-state index >= 15 is 0 Å². The maximum atomic E-state index is 12.8.